The summed E-state index contributed by atoms with van der Waals surface area (Å²) in [6, 6.07) is 13.2. The normalized spacial score (nSPS) is 12.3. The van der Waals surface area contributed by atoms with Crippen LogP contribution in [0.15, 0.2) is 65.3 Å². The van der Waals surface area contributed by atoms with Gasteiger partial charge in [-0.2, -0.15) is 0 Å². The number of fused-ring (bicyclic) bond motifs is 1. The molecular formula is C23H16ClN3O7. The van der Waals surface area contributed by atoms with Gasteiger partial charge in [0.2, 0.25) is 0 Å². The SMILES string of the molecule is O=C(COC(=O)c1ccc2c(c1)C(=O)N(Cc1ccco1)C2=O)NNC(=O)c1ccc(Cl)cc1. The van der Waals surface area contributed by atoms with Crippen molar-refractivity contribution in [2.75, 3.05) is 6.61 Å². The molecule has 172 valence electrons. The standard InChI is InChI=1S/C23H16ClN3O7/c24-15-6-3-13(4-7-15)20(29)26-25-19(28)12-34-23(32)14-5-8-17-18(10-14)22(31)27(21(17)30)11-16-2-1-9-33-16/h1-10H,11-12H2,(H,25,28)(H,26,29). The minimum atomic E-state index is -0.883. The highest BCUT2D eigenvalue weighted by Crippen LogP contribution is 2.26. The van der Waals surface area contributed by atoms with Crippen LogP contribution in [0.3, 0.4) is 0 Å². The van der Waals surface area contributed by atoms with Gasteiger partial charge >= 0.3 is 5.97 Å². The highest BCUT2D eigenvalue weighted by molar-refractivity contribution is 6.30. The molecule has 1 aromatic heterocycles. The Morgan fingerprint density at radius 3 is 2.32 bits per heavy atom. The van der Waals surface area contributed by atoms with Crippen molar-refractivity contribution in [1.82, 2.24) is 15.8 Å². The first-order chi connectivity index (χ1) is 16.3. The van der Waals surface area contributed by atoms with Crippen LogP contribution in [-0.2, 0) is 16.1 Å². The third kappa shape index (κ3) is 4.81. The van der Waals surface area contributed by atoms with Crippen LogP contribution in [0.4, 0.5) is 0 Å². The Balaban J connectivity index is 1.32. The monoisotopic (exact) mass is 481 g/mol. The number of amides is 4. The third-order valence-electron chi connectivity index (χ3n) is 4.86. The fourth-order valence-electron chi connectivity index (χ4n) is 3.17. The molecule has 4 amide bonds. The first kappa shape index (κ1) is 22.7. The smallest absolute Gasteiger partial charge is 0.338 e. The van der Waals surface area contributed by atoms with Gasteiger partial charge in [-0.25, -0.2) is 4.79 Å². The van der Waals surface area contributed by atoms with Gasteiger partial charge < -0.3 is 9.15 Å². The third-order valence-corrected chi connectivity index (χ3v) is 5.11. The molecule has 0 aliphatic carbocycles. The van der Waals surface area contributed by atoms with Gasteiger partial charge in [0.25, 0.3) is 23.6 Å². The Morgan fingerprint density at radius 1 is 0.912 bits per heavy atom. The summed E-state index contributed by atoms with van der Waals surface area (Å²) in [5, 5.41) is 0.454. The number of carbonyl (C=O) groups excluding carboxylic acids is 5. The maximum absolute atomic E-state index is 12.7. The summed E-state index contributed by atoms with van der Waals surface area (Å²) in [7, 11) is 0. The van der Waals surface area contributed by atoms with Gasteiger partial charge in [0, 0.05) is 10.6 Å². The molecule has 4 rings (SSSR count). The zero-order chi connectivity index (χ0) is 24.2. The highest BCUT2D eigenvalue weighted by atomic mass is 35.5. The molecule has 0 saturated carbocycles. The number of hydrogen-bond donors (Lipinski definition) is 2. The molecule has 2 aromatic carbocycles. The Kier molecular flexibility index (Phi) is 6.42. The Morgan fingerprint density at radius 2 is 1.62 bits per heavy atom. The number of hydrazine groups is 1. The predicted octanol–water partition coefficient (Wildman–Crippen LogP) is 2.35. The molecule has 1 aliphatic heterocycles. The molecule has 34 heavy (non-hydrogen) atoms. The quantitative estimate of drug-likeness (QED) is 0.313. The van der Waals surface area contributed by atoms with E-state index in [1.165, 1.54) is 48.7 Å². The topological polar surface area (TPSA) is 135 Å². The summed E-state index contributed by atoms with van der Waals surface area (Å²) in [4.78, 5) is 62.4. The van der Waals surface area contributed by atoms with Crippen LogP contribution in [0.5, 0.6) is 0 Å². The number of nitrogens with zero attached hydrogens (tertiary/aromatic N) is 1. The molecule has 0 unspecified atom stereocenters. The summed E-state index contributed by atoms with van der Waals surface area (Å²) in [6.45, 7) is -0.727. The van der Waals surface area contributed by atoms with Crippen molar-refractivity contribution in [2.45, 2.75) is 6.54 Å². The van der Waals surface area contributed by atoms with Crippen molar-refractivity contribution in [3.05, 3.63) is 93.9 Å². The molecule has 11 heteroatoms. The van der Waals surface area contributed by atoms with Gasteiger partial charge in [-0.1, -0.05) is 11.6 Å². The van der Waals surface area contributed by atoms with Crippen molar-refractivity contribution >= 4 is 41.2 Å². The van der Waals surface area contributed by atoms with Crippen molar-refractivity contribution in [1.29, 1.82) is 0 Å². The molecule has 0 spiro atoms. The summed E-state index contributed by atoms with van der Waals surface area (Å²) in [5.74, 6) is -2.90. The lowest BCUT2D eigenvalue weighted by Crippen LogP contribution is -2.43. The fourth-order valence-corrected chi connectivity index (χ4v) is 3.30. The summed E-state index contributed by atoms with van der Waals surface area (Å²) >= 11 is 5.76. The first-order valence-electron chi connectivity index (χ1n) is 9.88. The van der Waals surface area contributed by atoms with E-state index in [4.69, 9.17) is 20.8 Å². The van der Waals surface area contributed by atoms with E-state index in [-0.39, 0.29) is 28.8 Å². The van der Waals surface area contributed by atoms with E-state index in [9.17, 15) is 24.0 Å². The van der Waals surface area contributed by atoms with Crippen molar-refractivity contribution in [2.24, 2.45) is 0 Å². The minimum Gasteiger partial charge on any atom is -0.467 e. The average molecular weight is 482 g/mol. The van der Waals surface area contributed by atoms with E-state index < -0.39 is 36.2 Å². The van der Waals surface area contributed by atoms with Crippen LogP contribution in [0.25, 0.3) is 0 Å². The summed E-state index contributed by atoms with van der Waals surface area (Å²) in [5.41, 5.74) is 4.75. The number of benzene rings is 2. The first-order valence-corrected chi connectivity index (χ1v) is 10.3. The van der Waals surface area contributed by atoms with E-state index in [2.05, 4.69) is 10.9 Å². The zero-order valence-electron chi connectivity index (χ0n) is 17.4. The second-order valence-corrected chi connectivity index (χ2v) is 7.56. The Hall–Kier alpha value is -4.44. The number of halogens is 1. The predicted molar refractivity (Wildman–Crippen MR) is 117 cm³/mol. The Bertz CT molecular complexity index is 1290. The maximum Gasteiger partial charge on any atom is 0.338 e. The lowest BCUT2D eigenvalue weighted by Gasteiger charge is -2.11. The molecule has 0 atom stereocenters. The molecule has 0 bridgehead atoms. The maximum atomic E-state index is 12.7. The second kappa shape index (κ2) is 9.59. The van der Waals surface area contributed by atoms with E-state index in [0.29, 0.717) is 10.8 Å². The lowest BCUT2D eigenvalue weighted by atomic mass is 10.1. The fraction of sp³-hybridized carbons (Fsp3) is 0.0870. The van der Waals surface area contributed by atoms with Gasteiger partial charge in [0.15, 0.2) is 6.61 Å². The van der Waals surface area contributed by atoms with Gasteiger partial charge in [0.05, 0.1) is 29.5 Å². The van der Waals surface area contributed by atoms with Gasteiger partial charge in [-0.15, -0.1) is 0 Å². The average Bonchev–Trinajstić information content (AvgIpc) is 3.44. The van der Waals surface area contributed by atoms with Crippen LogP contribution in [0, 0.1) is 0 Å². The van der Waals surface area contributed by atoms with E-state index in [1.54, 1.807) is 12.1 Å². The molecule has 2 N–H and O–H groups in total. The van der Waals surface area contributed by atoms with Gasteiger partial charge in [-0.05, 0) is 54.6 Å². The zero-order valence-corrected chi connectivity index (χ0v) is 18.1. The van der Waals surface area contributed by atoms with Gasteiger partial charge in [0.1, 0.15) is 5.76 Å². The number of furan rings is 1. The van der Waals surface area contributed by atoms with Crippen LogP contribution in [0.2, 0.25) is 5.02 Å². The van der Waals surface area contributed by atoms with Gasteiger partial charge in [-0.3, -0.25) is 34.9 Å². The highest BCUT2D eigenvalue weighted by Gasteiger charge is 2.36. The van der Waals surface area contributed by atoms with E-state index >= 15 is 0 Å². The van der Waals surface area contributed by atoms with Crippen molar-refractivity contribution in [3.8, 4) is 0 Å². The largest absolute Gasteiger partial charge is 0.467 e. The van der Waals surface area contributed by atoms with Crippen LogP contribution in [-0.4, -0.2) is 41.1 Å². The second-order valence-electron chi connectivity index (χ2n) is 7.12. The lowest BCUT2D eigenvalue weighted by molar-refractivity contribution is -0.125. The van der Waals surface area contributed by atoms with E-state index in [0.717, 1.165) is 4.90 Å². The number of ether oxygens (including phenoxy) is 1. The molecule has 0 fully saturated rings. The number of rotatable bonds is 6. The number of carbonyl (C=O) groups is 5. The Labute approximate surface area is 197 Å². The number of esters is 1. The molecule has 1 aliphatic rings. The van der Waals surface area contributed by atoms with Crippen molar-refractivity contribution < 1.29 is 33.1 Å². The minimum absolute atomic E-state index is 0.0160. The van der Waals surface area contributed by atoms with Crippen LogP contribution < -0.4 is 10.9 Å². The molecular weight excluding hydrogens is 466 g/mol. The molecule has 3 aromatic rings. The van der Waals surface area contributed by atoms with Crippen LogP contribution in [0.1, 0.15) is 47.2 Å². The number of hydrogen-bond acceptors (Lipinski definition) is 7. The summed E-state index contributed by atoms with van der Waals surface area (Å²) in [6.07, 6.45) is 1.43. The van der Waals surface area contributed by atoms with E-state index in [1.807, 2.05) is 0 Å². The molecule has 0 radical (unpaired) electrons. The number of imide groups is 1. The van der Waals surface area contributed by atoms with Crippen LogP contribution >= 0.6 is 11.6 Å². The summed E-state index contributed by atoms with van der Waals surface area (Å²) < 4.78 is 10.1. The molecule has 2 heterocycles. The van der Waals surface area contributed by atoms with Crippen molar-refractivity contribution in [3.63, 3.8) is 0 Å². The molecule has 10 nitrogen and oxygen atoms in total. The molecule has 0 saturated heterocycles. The number of nitrogens with one attached hydrogen (secondary N) is 2.